The Morgan fingerprint density at radius 1 is 1.10 bits per heavy atom. The van der Waals surface area contributed by atoms with Crippen LogP contribution in [0.3, 0.4) is 0 Å². The van der Waals surface area contributed by atoms with Crippen molar-refractivity contribution in [3.8, 4) is 0 Å². The first-order chi connectivity index (χ1) is 14.0. The van der Waals surface area contributed by atoms with E-state index in [0.717, 1.165) is 35.1 Å². The lowest BCUT2D eigenvalue weighted by atomic mass is 9.49. The SMILES string of the molecule is O=C(Cc1cccc2cc(C(=O)CBr)oc12)OCCC12CC3CC(CC(C3)C1)C2. The summed E-state index contributed by atoms with van der Waals surface area (Å²) in [6, 6.07) is 7.39. The molecule has 0 saturated heterocycles. The fourth-order valence-corrected chi connectivity index (χ4v) is 6.93. The molecule has 29 heavy (non-hydrogen) atoms. The molecule has 4 bridgehead atoms. The van der Waals surface area contributed by atoms with Gasteiger partial charge in [0.15, 0.2) is 5.76 Å². The summed E-state index contributed by atoms with van der Waals surface area (Å²) < 4.78 is 11.4. The van der Waals surface area contributed by atoms with Crippen molar-refractivity contribution in [2.45, 2.75) is 51.4 Å². The zero-order chi connectivity index (χ0) is 20.0. The van der Waals surface area contributed by atoms with Crippen LogP contribution in [0.4, 0.5) is 0 Å². The van der Waals surface area contributed by atoms with Crippen LogP contribution in [0, 0.1) is 23.2 Å². The Kier molecular flexibility index (Phi) is 5.05. The van der Waals surface area contributed by atoms with Gasteiger partial charge in [0.1, 0.15) is 5.58 Å². The van der Waals surface area contributed by atoms with Gasteiger partial charge in [-0.15, -0.1) is 0 Å². The standard InChI is InChI=1S/C24H27BrO4/c25-14-20(26)21-9-18-2-1-3-19(23(18)29-21)10-22(27)28-5-4-24-11-15-6-16(12-24)8-17(7-15)13-24/h1-3,9,15-17H,4-8,10-14H2. The molecule has 1 aromatic carbocycles. The molecule has 0 aliphatic heterocycles. The third kappa shape index (κ3) is 3.78. The van der Waals surface area contributed by atoms with Crippen LogP contribution in [0.15, 0.2) is 28.7 Å². The van der Waals surface area contributed by atoms with Gasteiger partial charge >= 0.3 is 5.97 Å². The van der Waals surface area contributed by atoms with Crippen molar-refractivity contribution >= 4 is 38.7 Å². The highest BCUT2D eigenvalue weighted by Gasteiger charge is 2.50. The molecule has 2 aromatic rings. The molecule has 0 N–H and O–H groups in total. The highest BCUT2D eigenvalue weighted by molar-refractivity contribution is 9.09. The van der Waals surface area contributed by atoms with Crippen molar-refractivity contribution in [1.29, 1.82) is 0 Å². The summed E-state index contributed by atoms with van der Waals surface area (Å²) in [7, 11) is 0. The van der Waals surface area contributed by atoms with E-state index in [0.29, 0.717) is 23.4 Å². The first kappa shape index (κ1) is 19.3. The zero-order valence-electron chi connectivity index (χ0n) is 16.6. The van der Waals surface area contributed by atoms with Gasteiger partial charge in [-0.1, -0.05) is 34.1 Å². The number of carbonyl (C=O) groups excluding carboxylic acids is 2. The number of hydrogen-bond acceptors (Lipinski definition) is 4. The first-order valence-electron chi connectivity index (χ1n) is 10.8. The molecule has 0 spiro atoms. The Morgan fingerprint density at radius 2 is 1.79 bits per heavy atom. The van der Waals surface area contributed by atoms with Crippen molar-refractivity contribution < 1.29 is 18.7 Å². The monoisotopic (exact) mass is 458 g/mol. The summed E-state index contributed by atoms with van der Waals surface area (Å²) in [6.07, 6.45) is 9.51. The normalized spacial score (nSPS) is 30.0. The Morgan fingerprint density at radius 3 is 2.45 bits per heavy atom. The number of Topliss-reactive ketones (excluding diaryl/α,β-unsaturated/α-hetero) is 1. The zero-order valence-corrected chi connectivity index (χ0v) is 18.2. The van der Waals surface area contributed by atoms with E-state index >= 15 is 0 Å². The predicted octanol–water partition coefficient (Wildman–Crippen LogP) is 5.70. The van der Waals surface area contributed by atoms with Crippen molar-refractivity contribution in [2.75, 3.05) is 11.9 Å². The summed E-state index contributed by atoms with van der Waals surface area (Å²) in [4.78, 5) is 24.4. The van der Waals surface area contributed by atoms with Gasteiger partial charge in [-0.2, -0.15) is 0 Å². The molecule has 1 heterocycles. The minimum Gasteiger partial charge on any atom is -0.465 e. The van der Waals surface area contributed by atoms with Crippen LogP contribution >= 0.6 is 15.9 Å². The lowest BCUT2D eigenvalue weighted by Gasteiger charge is -2.57. The number of ether oxygens (including phenoxy) is 1. The van der Waals surface area contributed by atoms with Crippen LogP contribution in [0.1, 0.15) is 61.1 Å². The van der Waals surface area contributed by atoms with Crippen molar-refractivity contribution in [1.82, 2.24) is 0 Å². The molecular weight excluding hydrogens is 432 g/mol. The van der Waals surface area contributed by atoms with Gasteiger partial charge in [0, 0.05) is 10.9 Å². The molecule has 4 nitrogen and oxygen atoms in total. The van der Waals surface area contributed by atoms with Gasteiger partial charge in [-0.3, -0.25) is 9.59 Å². The van der Waals surface area contributed by atoms with Crippen LogP contribution in [0.25, 0.3) is 11.0 Å². The van der Waals surface area contributed by atoms with Crippen LogP contribution < -0.4 is 0 Å². The van der Waals surface area contributed by atoms with Gasteiger partial charge in [0.05, 0.1) is 18.4 Å². The number of benzene rings is 1. The average molecular weight is 459 g/mol. The van der Waals surface area contributed by atoms with Crippen LogP contribution in [0.2, 0.25) is 0 Å². The average Bonchev–Trinajstić information content (AvgIpc) is 3.11. The van der Waals surface area contributed by atoms with E-state index in [1.807, 2.05) is 18.2 Å². The van der Waals surface area contributed by atoms with Gasteiger partial charge in [-0.05, 0) is 74.2 Å². The van der Waals surface area contributed by atoms with Crippen molar-refractivity contribution in [2.24, 2.45) is 23.2 Å². The Bertz CT molecular complexity index is 908. The maximum atomic E-state index is 12.5. The molecule has 6 rings (SSSR count). The van der Waals surface area contributed by atoms with E-state index < -0.39 is 0 Å². The quantitative estimate of drug-likeness (QED) is 0.303. The van der Waals surface area contributed by atoms with E-state index in [4.69, 9.17) is 9.15 Å². The van der Waals surface area contributed by atoms with E-state index in [1.165, 1.54) is 38.5 Å². The number of carbonyl (C=O) groups is 2. The fourth-order valence-electron chi connectivity index (χ4n) is 6.65. The van der Waals surface area contributed by atoms with Crippen LogP contribution in [-0.2, 0) is 16.0 Å². The van der Waals surface area contributed by atoms with Gasteiger partial charge in [0.2, 0.25) is 5.78 Å². The Balaban J connectivity index is 1.20. The smallest absolute Gasteiger partial charge is 0.310 e. The Hall–Kier alpha value is -1.62. The largest absolute Gasteiger partial charge is 0.465 e. The lowest BCUT2D eigenvalue weighted by Crippen LogP contribution is -2.46. The molecular formula is C24H27BrO4. The molecule has 1 aromatic heterocycles. The van der Waals surface area contributed by atoms with Crippen LogP contribution in [0.5, 0.6) is 0 Å². The minimum absolute atomic E-state index is 0.106. The van der Waals surface area contributed by atoms with Gasteiger partial charge in [0.25, 0.3) is 0 Å². The van der Waals surface area contributed by atoms with E-state index in [-0.39, 0.29) is 23.5 Å². The molecule has 5 heteroatoms. The highest BCUT2D eigenvalue weighted by atomic mass is 79.9. The van der Waals surface area contributed by atoms with E-state index in [2.05, 4.69) is 15.9 Å². The first-order valence-corrected chi connectivity index (χ1v) is 11.9. The topological polar surface area (TPSA) is 56.5 Å². The summed E-state index contributed by atoms with van der Waals surface area (Å²) in [5, 5.41) is 1.06. The summed E-state index contributed by atoms with van der Waals surface area (Å²) in [5.41, 5.74) is 1.81. The summed E-state index contributed by atoms with van der Waals surface area (Å²) >= 11 is 3.17. The second kappa shape index (κ2) is 7.57. The van der Waals surface area contributed by atoms with Gasteiger partial charge in [-0.25, -0.2) is 0 Å². The lowest BCUT2D eigenvalue weighted by molar-refractivity contribution is -0.145. The highest BCUT2D eigenvalue weighted by Crippen LogP contribution is 2.61. The Labute approximate surface area is 179 Å². The molecule has 4 saturated carbocycles. The molecule has 154 valence electrons. The number of hydrogen-bond donors (Lipinski definition) is 0. The predicted molar refractivity (Wildman–Crippen MR) is 114 cm³/mol. The number of furan rings is 1. The molecule has 0 radical (unpaired) electrons. The second-order valence-corrected chi connectivity index (χ2v) is 10.1. The van der Waals surface area contributed by atoms with Gasteiger partial charge < -0.3 is 9.15 Å². The number of ketones is 1. The summed E-state index contributed by atoms with van der Waals surface area (Å²) in [6.45, 7) is 0.520. The van der Waals surface area contributed by atoms with Crippen molar-refractivity contribution in [3.05, 3.63) is 35.6 Å². The maximum absolute atomic E-state index is 12.5. The summed E-state index contributed by atoms with van der Waals surface area (Å²) in [5.74, 6) is 2.76. The third-order valence-electron chi connectivity index (χ3n) is 7.42. The second-order valence-electron chi connectivity index (χ2n) is 9.57. The maximum Gasteiger partial charge on any atom is 0.310 e. The molecule has 0 amide bonds. The molecule has 4 aliphatic rings. The molecule has 4 fully saturated rings. The molecule has 0 atom stereocenters. The number of para-hydroxylation sites is 1. The number of rotatable bonds is 7. The van der Waals surface area contributed by atoms with Crippen molar-refractivity contribution in [3.63, 3.8) is 0 Å². The minimum atomic E-state index is -0.216. The molecule has 0 unspecified atom stereocenters. The van der Waals surface area contributed by atoms with Crippen LogP contribution in [-0.4, -0.2) is 23.7 Å². The number of halogens is 1. The number of alkyl halides is 1. The third-order valence-corrected chi connectivity index (χ3v) is 7.93. The van der Waals surface area contributed by atoms with E-state index in [1.54, 1.807) is 6.07 Å². The molecule has 4 aliphatic carbocycles. The van der Waals surface area contributed by atoms with E-state index in [9.17, 15) is 9.59 Å². The number of fused-ring (bicyclic) bond motifs is 1. The number of esters is 1. The fraction of sp³-hybridized carbons (Fsp3) is 0.583.